The van der Waals surface area contributed by atoms with Crippen molar-refractivity contribution < 1.29 is 19.4 Å². The number of hydrogen-bond donors (Lipinski definition) is 2. The van der Waals surface area contributed by atoms with Gasteiger partial charge in [-0.3, -0.25) is 9.78 Å². The first-order valence-electron chi connectivity index (χ1n) is 9.40. The van der Waals surface area contributed by atoms with Crippen LogP contribution in [0.2, 0.25) is 0 Å². The summed E-state index contributed by atoms with van der Waals surface area (Å²) in [6.07, 6.45) is 3.14. The second-order valence-electron chi connectivity index (χ2n) is 6.92. The molecule has 0 radical (unpaired) electrons. The average Bonchev–Trinajstić information content (AvgIpc) is 3.34. The van der Waals surface area contributed by atoms with Gasteiger partial charge in [0.05, 0.1) is 21.8 Å². The van der Waals surface area contributed by atoms with Crippen molar-refractivity contribution >= 4 is 28.9 Å². The van der Waals surface area contributed by atoms with Gasteiger partial charge >= 0.3 is 5.97 Å². The van der Waals surface area contributed by atoms with E-state index in [1.165, 1.54) is 17.5 Å². The number of ether oxygens (including phenoxy) is 1. The Labute approximate surface area is 182 Å². The fourth-order valence-electron chi connectivity index (χ4n) is 3.12. The highest BCUT2D eigenvalue weighted by molar-refractivity contribution is 7.12. The molecular formula is C23H19N3O4S. The molecule has 4 rings (SSSR count). The number of rotatable bonds is 6. The Morgan fingerprint density at radius 1 is 1.13 bits per heavy atom. The fourth-order valence-corrected chi connectivity index (χ4v) is 3.94. The minimum atomic E-state index is -0.995. The Morgan fingerprint density at radius 2 is 1.94 bits per heavy atom. The highest BCUT2D eigenvalue weighted by Crippen LogP contribution is 2.28. The molecule has 0 aliphatic heterocycles. The molecule has 0 spiro atoms. The Hall–Kier alpha value is -3.91. The van der Waals surface area contributed by atoms with E-state index in [4.69, 9.17) is 4.74 Å². The minimum Gasteiger partial charge on any atom is -0.478 e. The summed E-state index contributed by atoms with van der Waals surface area (Å²) in [6.45, 7) is 1.90. The fraction of sp³-hybridized carbons (Fsp3) is 0.0870. The number of hydrogen-bond acceptors (Lipinski definition) is 5. The van der Waals surface area contributed by atoms with Crippen LogP contribution in [0.5, 0.6) is 11.5 Å². The lowest BCUT2D eigenvalue weighted by Gasteiger charge is -2.10. The molecular weight excluding hydrogens is 414 g/mol. The Bertz CT molecular complexity index is 1280. The third kappa shape index (κ3) is 4.49. The van der Waals surface area contributed by atoms with E-state index < -0.39 is 5.97 Å². The summed E-state index contributed by atoms with van der Waals surface area (Å²) >= 11 is 1.40. The lowest BCUT2D eigenvalue weighted by Crippen LogP contribution is -2.11. The molecule has 8 heteroatoms. The van der Waals surface area contributed by atoms with E-state index in [1.807, 2.05) is 18.4 Å². The molecule has 0 aliphatic carbocycles. The third-order valence-corrected chi connectivity index (χ3v) is 5.66. The van der Waals surface area contributed by atoms with Gasteiger partial charge in [0.2, 0.25) is 0 Å². The molecule has 3 heterocycles. The number of benzene rings is 1. The maximum atomic E-state index is 12.5. The number of pyridine rings is 1. The summed E-state index contributed by atoms with van der Waals surface area (Å²) in [5.41, 5.74) is 3.00. The Balaban J connectivity index is 1.53. The molecule has 0 saturated heterocycles. The molecule has 1 aromatic carbocycles. The summed E-state index contributed by atoms with van der Waals surface area (Å²) in [5.74, 6) is -0.0590. The Morgan fingerprint density at radius 3 is 2.65 bits per heavy atom. The van der Waals surface area contributed by atoms with Gasteiger partial charge in [-0.1, -0.05) is 6.07 Å². The van der Waals surface area contributed by atoms with Gasteiger partial charge in [-0.25, -0.2) is 4.79 Å². The molecule has 3 aromatic heterocycles. The summed E-state index contributed by atoms with van der Waals surface area (Å²) in [4.78, 5) is 28.7. The van der Waals surface area contributed by atoms with Crippen LogP contribution in [-0.2, 0) is 7.05 Å². The van der Waals surface area contributed by atoms with Crippen molar-refractivity contribution in [2.75, 3.05) is 5.32 Å². The molecule has 4 aromatic rings. The Kier molecular flexibility index (Phi) is 5.55. The smallest absolute Gasteiger partial charge is 0.337 e. The van der Waals surface area contributed by atoms with Crippen molar-refractivity contribution in [3.8, 4) is 22.9 Å². The van der Waals surface area contributed by atoms with Gasteiger partial charge in [0.25, 0.3) is 5.91 Å². The SMILES string of the molecule is Cc1ccsc1C(=O)Nc1cccc(Oc2ccnc(-c3cc(C(=O)O)cn3C)c2)c1. The van der Waals surface area contributed by atoms with Gasteiger partial charge in [-0.15, -0.1) is 11.3 Å². The van der Waals surface area contributed by atoms with Crippen molar-refractivity contribution in [2.24, 2.45) is 7.05 Å². The quantitative estimate of drug-likeness (QED) is 0.436. The maximum Gasteiger partial charge on any atom is 0.337 e. The van der Waals surface area contributed by atoms with Gasteiger partial charge in [-0.2, -0.15) is 0 Å². The number of carboxylic acids is 1. The van der Waals surface area contributed by atoms with E-state index in [-0.39, 0.29) is 11.5 Å². The number of amides is 1. The monoisotopic (exact) mass is 433 g/mol. The van der Waals surface area contributed by atoms with E-state index in [2.05, 4.69) is 10.3 Å². The number of aryl methyl sites for hydroxylation is 2. The second-order valence-corrected chi connectivity index (χ2v) is 7.84. The molecule has 1 amide bonds. The first-order valence-corrected chi connectivity index (χ1v) is 10.3. The van der Waals surface area contributed by atoms with Crippen LogP contribution >= 0.6 is 11.3 Å². The predicted molar refractivity (Wildman–Crippen MR) is 119 cm³/mol. The van der Waals surface area contributed by atoms with Crippen LogP contribution in [0.3, 0.4) is 0 Å². The molecule has 0 fully saturated rings. The van der Waals surface area contributed by atoms with E-state index in [0.717, 1.165) is 5.56 Å². The number of aromatic nitrogens is 2. The van der Waals surface area contributed by atoms with Crippen LogP contribution in [0.15, 0.2) is 66.3 Å². The van der Waals surface area contributed by atoms with Gasteiger partial charge in [0, 0.05) is 37.3 Å². The first-order chi connectivity index (χ1) is 14.9. The van der Waals surface area contributed by atoms with Crippen LogP contribution in [0, 0.1) is 6.92 Å². The zero-order valence-corrected chi connectivity index (χ0v) is 17.6. The molecule has 2 N–H and O–H groups in total. The minimum absolute atomic E-state index is 0.159. The molecule has 0 unspecified atom stereocenters. The molecule has 156 valence electrons. The molecule has 31 heavy (non-hydrogen) atoms. The lowest BCUT2D eigenvalue weighted by molar-refractivity contribution is 0.0696. The average molecular weight is 433 g/mol. The molecule has 0 saturated carbocycles. The number of carbonyl (C=O) groups is 2. The third-order valence-electron chi connectivity index (χ3n) is 4.64. The standard InChI is InChI=1S/C23H19N3O4S/c1-14-7-9-31-21(14)22(27)25-16-4-3-5-17(11-16)30-18-6-8-24-19(12-18)20-10-15(23(28)29)13-26(20)2/h3-13H,1-2H3,(H,25,27)(H,28,29). The van der Waals surface area contributed by atoms with Crippen molar-refractivity contribution in [2.45, 2.75) is 6.92 Å². The van der Waals surface area contributed by atoms with E-state index in [1.54, 1.807) is 60.3 Å². The van der Waals surface area contributed by atoms with E-state index in [0.29, 0.717) is 33.5 Å². The zero-order chi connectivity index (χ0) is 22.0. The summed E-state index contributed by atoms with van der Waals surface area (Å²) in [7, 11) is 1.76. The van der Waals surface area contributed by atoms with Crippen LogP contribution in [0.1, 0.15) is 25.6 Å². The van der Waals surface area contributed by atoms with Crippen LogP contribution < -0.4 is 10.1 Å². The van der Waals surface area contributed by atoms with E-state index >= 15 is 0 Å². The molecule has 7 nitrogen and oxygen atoms in total. The van der Waals surface area contributed by atoms with Gasteiger partial charge in [0.15, 0.2) is 0 Å². The number of carboxylic acid groups (broad SMARTS) is 1. The number of nitrogens with zero attached hydrogens (tertiary/aromatic N) is 2. The molecule has 0 atom stereocenters. The largest absolute Gasteiger partial charge is 0.478 e. The van der Waals surface area contributed by atoms with Gasteiger partial charge < -0.3 is 19.7 Å². The topological polar surface area (TPSA) is 93.4 Å². The van der Waals surface area contributed by atoms with Crippen LogP contribution in [0.25, 0.3) is 11.4 Å². The molecule has 0 aliphatic rings. The van der Waals surface area contributed by atoms with Crippen LogP contribution in [0.4, 0.5) is 5.69 Å². The number of carbonyl (C=O) groups excluding carboxylic acids is 1. The summed E-state index contributed by atoms with van der Waals surface area (Å²) in [6, 6.07) is 14.0. The first kappa shape index (κ1) is 20.4. The van der Waals surface area contributed by atoms with Crippen molar-refractivity contribution in [3.63, 3.8) is 0 Å². The number of thiophene rings is 1. The highest BCUT2D eigenvalue weighted by atomic mass is 32.1. The van der Waals surface area contributed by atoms with Crippen LogP contribution in [-0.4, -0.2) is 26.5 Å². The van der Waals surface area contributed by atoms with E-state index in [9.17, 15) is 14.7 Å². The maximum absolute atomic E-state index is 12.5. The van der Waals surface area contributed by atoms with Crippen molar-refractivity contribution in [1.29, 1.82) is 0 Å². The van der Waals surface area contributed by atoms with Crippen molar-refractivity contribution in [1.82, 2.24) is 9.55 Å². The van der Waals surface area contributed by atoms with Crippen molar-refractivity contribution in [3.05, 3.63) is 82.3 Å². The number of anilines is 1. The highest BCUT2D eigenvalue weighted by Gasteiger charge is 2.13. The number of nitrogens with one attached hydrogen (secondary N) is 1. The van der Waals surface area contributed by atoms with Gasteiger partial charge in [0.1, 0.15) is 11.5 Å². The van der Waals surface area contributed by atoms with Gasteiger partial charge in [-0.05, 0) is 48.2 Å². The predicted octanol–water partition coefficient (Wildman–Crippen LogP) is 5.20. The second kappa shape index (κ2) is 8.45. The molecule has 0 bridgehead atoms. The lowest BCUT2D eigenvalue weighted by atomic mass is 10.2. The number of aromatic carboxylic acids is 1. The summed E-state index contributed by atoms with van der Waals surface area (Å²) < 4.78 is 7.66. The summed E-state index contributed by atoms with van der Waals surface area (Å²) in [5, 5.41) is 14.0. The zero-order valence-electron chi connectivity index (χ0n) is 16.8. The normalized spacial score (nSPS) is 10.6.